The highest BCUT2D eigenvalue weighted by Crippen LogP contribution is 2.32. The summed E-state index contributed by atoms with van der Waals surface area (Å²) < 4.78 is 7.36. The van der Waals surface area contributed by atoms with E-state index in [0.717, 1.165) is 49.3 Å². The van der Waals surface area contributed by atoms with Crippen LogP contribution in [0.2, 0.25) is 0 Å². The number of nitrogens with one attached hydrogen (secondary N) is 1. The van der Waals surface area contributed by atoms with Crippen molar-refractivity contribution >= 4 is 35.1 Å². The predicted molar refractivity (Wildman–Crippen MR) is 174 cm³/mol. The number of hydrogen-bond donors (Lipinski definition) is 2. The molecule has 5 atom stereocenters. The number of likely N-dealkylation sites (tertiary alicyclic amines) is 1. The molecule has 256 valence electrons. The minimum absolute atomic E-state index is 0.0568. The fourth-order valence-corrected chi connectivity index (χ4v) is 6.80. The van der Waals surface area contributed by atoms with Crippen LogP contribution in [0.15, 0.2) is 11.6 Å². The van der Waals surface area contributed by atoms with Gasteiger partial charge in [0, 0.05) is 44.6 Å². The second-order valence-corrected chi connectivity index (χ2v) is 13.6. The van der Waals surface area contributed by atoms with Gasteiger partial charge >= 0.3 is 11.9 Å². The molecule has 0 aromatic carbocycles. The zero-order valence-electron chi connectivity index (χ0n) is 28.3. The summed E-state index contributed by atoms with van der Waals surface area (Å²) in [6, 6.07) is -1.41. The van der Waals surface area contributed by atoms with E-state index < -0.39 is 30.1 Å². The third-order valence-electron chi connectivity index (χ3n) is 8.82. The number of nitrogens with zero attached hydrogens (tertiary/aromatic N) is 6. The molecular formula is C32H51N7O6S. The molecule has 1 saturated heterocycles. The second kappa shape index (κ2) is 17.5. The Morgan fingerprint density at radius 1 is 1.17 bits per heavy atom. The van der Waals surface area contributed by atoms with Gasteiger partial charge in [-0.3, -0.25) is 24.0 Å². The van der Waals surface area contributed by atoms with E-state index in [4.69, 9.17) is 4.74 Å². The Hall–Kier alpha value is -3.39. The van der Waals surface area contributed by atoms with Crippen LogP contribution < -0.4 is 5.32 Å². The van der Waals surface area contributed by atoms with E-state index in [1.54, 1.807) is 4.68 Å². The number of aromatic carboxylic acids is 1. The van der Waals surface area contributed by atoms with Gasteiger partial charge < -0.3 is 20.1 Å². The summed E-state index contributed by atoms with van der Waals surface area (Å²) in [6.45, 7) is 10.6. The molecule has 0 aliphatic carbocycles. The van der Waals surface area contributed by atoms with Gasteiger partial charge in [0.15, 0.2) is 11.8 Å². The minimum atomic E-state index is -1.17. The van der Waals surface area contributed by atoms with E-state index in [9.17, 15) is 24.3 Å². The number of carboxylic acids is 1. The normalized spacial score (nSPS) is 18.0. The van der Waals surface area contributed by atoms with E-state index in [2.05, 4.69) is 25.5 Å². The number of aromatic nitrogens is 4. The quantitative estimate of drug-likeness (QED) is 0.188. The molecule has 14 heteroatoms. The van der Waals surface area contributed by atoms with Gasteiger partial charge in [-0.25, -0.2) is 9.78 Å². The maximum Gasteiger partial charge on any atom is 0.355 e. The Kier molecular flexibility index (Phi) is 14.1. The summed E-state index contributed by atoms with van der Waals surface area (Å²) in [5, 5.41) is 22.6. The summed E-state index contributed by atoms with van der Waals surface area (Å²) in [5.41, 5.74) is 0.748. The number of carboxylic acid groups (broad SMARTS) is 1. The first kappa shape index (κ1) is 37.1. The first-order valence-electron chi connectivity index (χ1n) is 16.3. The van der Waals surface area contributed by atoms with Crippen LogP contribution in [0.4, 0.5) is 0 Å². The lowest BCUT2D eigenvalue weighted by molar-refractivity contribution is -0.149. The molecule has 1 aliphatic heterocycles. The van der Waals surface area contributed by atoms with Crippen LogP contribution in [-0.2, 0) is 32.6 Å². The van der Waals surface area contributed by atoms with Gasteiger partial charge in [-0.2, -0.15) is 0 Å². The number of unbranched alkanes of at least 4 members (excludes halogenated alkanes) is 1. The van der Waals surface area contributed by atoms with Crippen molar-refractivity contribution in [2.75, 3.05) is 20.1 Å². The molecule has 2 N–H and O–H groups in total. The molecule has 1 aliphatic rings. The largest absolute Gasteiger partial charge is 0.476 e. The first-order valence-corrected chi connectivity index (χ1v) is 17.2. The van der Waals surface area contributed by atoms with E-state index in [1.165, 1.54) is 12.3 Å². The maximum absolute atomic E-state index is 14.7. The molecule has 4 unspecified atom stereocenters. The van der Waals surface area contributed by atoms with E-state index >= 15 is 0 Å². The lowest BCUT2D eigenvalue weighted by Crippen LogP contribution is -2.59. The number of carbonyl (C=O) groups excluding carboxylic acids is 3. The number of thiazole rings is 1. The van der Waals surface area contributed by atoms with Gasteiger partial charge in [0.2, 0.25) is 11.8 Å². The first-order chi connectivity index (χ1) is 21.8. The third kappa shape index (κ3) is 10.3. The van der Waals surface area contributed by atoms with Gasteiger partial charge in [0.1, 0.15) is 11.0 Å². The molecule has 13 nitrogen and oxygen atoms in total. The van der Waals surface area contributed by atoms with Crippen molar-refractivity contribution in [1.82, 2.24) is 35.1 Å². The number of likely N-dealkylation sites (N-methyl/N-ethyl adjacent to an activating group) is 1. The van der Waals surface area contributed by atoms with E-state index in [0.29, 0.717) is 30.8 Å². The number of ether oxygens (including phenoxy) is 1. The Balaban J connectivity index is 1.93. The lowest BCUT2D eigenvalue weighted by Gasteiger charge is -2.40. The Labute approximate surface area is 276 Å². The molecule has 1 fully saturated rings. The zero-order chi connectivity index (χ0) is 34.0. The minimum Gasteiger partial charge on any atom is -0.476 e. The second-order valence-electron chi connectivity index (χ2n) is 12.8. The summed E-state index contributed by atoms with van der Waals surface area (Å²) in [5.74, 6) is -2.18. The average molecular weight is 662 g/mol. The number of aryl methyl sites for hydroxylation is 2. The van der Waals surface area contributed by atoms with Crippen molar-refractivity contribution in [2.24, 2.45) is 18.9 Å². The van der Waals surface area contributed by atoms with Crippen LogP contribution in [0.1, 0.15) is 107 Å². The van der Waals surface area contributed by atoms with Crippen LogP contribution in [0.25, 0.3) is 0 Å². The van der Waals surface area contributed by atoms with Crippen molar-refractivity contribution < 1.29 is 29.0 Å². The molecule has 0 radical (unpaired) electrons. The van der Waals surface area contributed by atoms with Crippen LogP contribution in [0.3, 0.4) is 0 Å². The van der Waals surface area contributed by atoms with Crippen LogP contribution in [-0.4, -0.2) is 96.9 Å². The third-order valence-corrected chi connectivity index (χ3v) is 9.75. The van der Waals surface area contributed by atoms with Crippen LogP contribution in [0, 0.1) is 11.8 Å². The van der Waals surface area contributed by atoms with E-state index in [-0.39, 0.29) is 41.8 Å². The van der Waals surface area contributed by atoms with Crippen molar-refractivity contribution in [2.45, 2.75) is 110 Å². The van der Waals surface area contributed by atoms with Crippen molar-refractivity contribution in [3.8, 4) is 0 Å². The van der Waals surface area contributed by atoms with Crippen molar-refractivity contribution in [3.05, 3.63) is 28.0 Å². The fraction of sp³-hybridized carbons (Fsp3) is 0.719. The zero-order valence-corrected chi connectivity index (χ0v) is 29.1. The smallest absolute Gasteiger partial charge is 0.355 e. The number of carbonyl (C=O) groups is 4. The molecule has 2 aromatic heterocycles. The lowest BCUT2D eigenvalue weighted by atomic mass is 9.91. The molecule has 0 bridgehead atoms. The van der Waals surface area contributed by atoms with Gasteiger partial charge in [-0.15, -0.1) is 16.4 Å². The summed E-state index contributed by atoms with van der Waals surface area (Å²) in [4.78, 5) is 60.1. The highest BCUT2D eigenvalue weighted by Gasteiger charge is 2.38. The molecule has 46 heavy (non-hydrogen) atoms. The highest BCUT2D eigenvalue weighted by molar-refractivity contribution is 7.09. The summed E-state index contributed by atoms with van der Waals surface area (Å²) >= 11 is 1.11. The van der Waals surface area contributed by atoms with Crippen LogP contribution in [0.5, 0.6) is 0 Å². The van der Waals surface area contributed by atoms with Crippen LogP contribution >= 0.6 is 11.3 Å². The number of hydrogen-bond acceptors (Lipinski definition) is 10. The molecular weight excluding hydrogens is 610 g/mol. The molecule has 0 saturated carbocycles. The number of piperidine rings is 1. The topological polar surface area (TPSA) is 160 Å². The van der Waals surface area contributed by atoms with E-state index in [1.807, 2.05) is 52.9 Å². The van der Waals surface area contributed by atoms with Crippen molar-refractivity contribution in [1.29, 1.82) is 0 Å². The Morgan fingerprint density at radius 2 is 1.91 bits per heavy atom. The Morgan fingerprint density at radius 3 is 2.48 bits per heavy atom. The summed E-state index contributed by atoms with van der Waals surface area (Å²) in [7, 11) is 3.77. The molecule has 2 aromatic rings. The van der Waals surface area contributed by atoms with Gasteiger partial charge in [0.05, 0.1) is 11.7 Å². The highest BCUT2D eigenvalue weighted by atomic mass is 32.1. The van der Waals surface area contributed by atoms with Gasteiger partial charge in [0.25, 0.3) is 0 Å². The van der Waals surface area contributed by atoms with Crippen molar-refractivity contribution in [3.63, 3.8) is 0 Å². The Bertz CT molecular complexity index is 1310. The predicted octanol–water partition coefficient (Wildman–Crippen LogP) is 3.86. The maximum atomic E-state index is 14.7. The number of esters is 1. The average Bonchev–Trinajstić information content (AvgIpc) is 3.67. The monoisotopic (exact) mass is 661 g/mol. The van der Waals surface area contributed by atoms with Gasteiger partial charge in [-0.1, -0.05) is 45.7 Å². The number of rotatable bonds is 17. The fourth-order valence-electron chi connectivity index (χ4n) is 5.97. The standard InChI is InChI=1S/C32H51N7O6S/c1-8-21(4)28(34-29(41)25-14-10-11-15-37(25)6)31(42)39(16-12-9-13-23-18-38(7)36-35-23)26(20(2)3)17-27(45-22(5)40)30-33-24(19-46-30)32(43)44/h18-21,25-28H,8-17H2,1-7H3,(H,34,41)(H,43,44)/t21?,25-,26?,27?,28?/m1/s1. The summed E-state index contributed by atoms with van der Waals surface area (Å²) in [6.07, 6.45) is 6.86. The molecule has 2 amide bonds. The molecule has 3 heterocycles. The molecule has 0 spiro atoms. The number of amides is 2. The van der Waals surface area contributed by atoms with Gasteiger partial charge in [-0.05, 0) is 57.5 Å². The molecule has 3 rings (SSSR count). The SMILES string of the molecule is CCC(C)C(NC(=O)[C@H]1CCCCN1C)C(=O)N(CCCCc1cn(C)nn1)C(CC(OC(C)=O)c1nc(C(=O)O)cs1)C(C)C.